The second kappa shape index (κ2) is 14.4. The molecule has 0 aliphatic carbocycles. The molecule has 0 bridgehead atoms. The van der Waals surface area contributed by atoms with Gasteiger partial charge in [0.15, 0.2) is 0 Å². The number of ether oxygens (including phenoxy) is 1. The third-order valence-corrected chi connectivity index (χ3v) is 2.66. The number of nitrogens with two attached hydrogens (primary N) is 1. The van der Waals surface area contributed by atoms with Gasteiger partial charge in [-0.2, -0.15) is 11.1 Å². The van der Waals surface area contributed by atoms with Gasteiger partial charge in [0.05, 0.1) is 6.61 Å². The molecule has 0 rings (SSSR count). The van der Waals surface area contributed by atoms with Crippen LogP contribution in [0.2, 0.25) is 0 Å². The van der Waals surface area contributed by atoms with E-state index in [1.54, 1.807) is 0 Å². The van der Waals surface area contributed by atoms with Crippen LogP contribution in [0.25, 0.3) is 0 Å². The van der Waals surface area contributed by atoms with E-state index in [2.05, 4.69) is 16.5 Å². The summed E-state index contributed by atoms with van der Waals surface area (Å²) in [4.78, 5) is 10.5. The fraction of sp³-hybridized carbons (Fsp3) is 0.917. The van der Waals surface area contributed by atoms with Crippen molar-refractivity contribution in [3.05, 3.63) is 0 Å². The lowest BCUT2D eigenvalue weighted by molar-refractivity contribution is -0.141. The van der Waals surface area contributed by atoms with Gasteiger partial charge in [-0.05, 0) is 12.8 Å². The van der Waals surface area contributed by atoms with Gasteiger partial charge >= 0.3 is 5.97 Å². The zero-order chi connectivity index (χ0) is 13.5. The number of unbranched alkanes of at least 4 members (excludes halogenated alkanes) is 7. The molecule has 0 radical (unpaired) electrons. The maximum absolute atomic E-state index is 10.5. The topological polar surface area (TPSA) is 88.4 Å². The van der Waals surface area contributed by atoms with E-state index in [0.29, 0.717) is 6.61 Å². The number of esters is 1. The van der Waals surface area contributed by atoms with Gasteiger partial charge in [0, 0.05) is 13.5 Å². The Balaban J connectivity index is 2.92. The van der Waals surface area contributed by atoms with Crippen molar-refractivity contribution < 1.29 is 9.53 Å². The highest BCUT2D eigenvalue weighted by atomic mass is 16.5. The summed E-state index contributed by atoms with van der Waals surface area (Å²) in [7, 11) is 0. The van der Waals surface area contributed by atoms with Crippen LogP contribution in [0.15, 0.2) is 0 Å². The first-order chi connectivity index (χ1) is 8.77. The van der Waals surface area contributed by atoms with E-state index >= 15 is 0 Å². The van der Waals surface area contributed by atoms with Gasteiger partial charge in [0.2, 0.25) is 0 Å². The van der Waals surface area contributed by atoms with Crippen LogP contribution in [0.3, 0.4) is 0 Å². The van der Waals surface area contributed by atoms with Gasteiger partial charge in [0.1, 0.15) is 0 Å². The molecule has 0 aromatic heterocycles. The molecule has 0 unspecified atom stereocenters. The van der Waals surface area contributed by atoms with Crippen molar-refractivity contribution in [2.45, 2.75) is 58.3 Å². The monoisotopic (exact) mass is 260 g/mol. The molecule has 108 valence electrons. The molecule has 18 heavy (non-hydrogen) atoms. The number of hydrazine groups is 3. The number of rotatable bonds is 13. The summed E-state index contributed by atoms with van der Waals surface area (Å²) in [5.74, 6) is 4.85. The summed E-state index contributed by atoms with van der Waals surface area (Å²) in [5, 5.41) is 0. The highest BCUT2D eigenvalue weighted by molar-refractivity contribution is 5.65. The van der Waals surface area contributed by atoms with Crippen molar-refractivity contribution in [2.24, 2.45) is 5.84 Å². The second-order valence-electron chi connectivity index (χ2n) is 4.36. The lowest BCUT2D eigenvalue weighted by Crippen LogP contribution is -2.47. The number of carbonyl (C=O) groups excluding carboxylic acids is 1. The lowest BCUT2D eigenvalue weighted by atomic mass is 10.1. The molecule has 0 aliphatic heterocycles. The van der Waals surface area contributed by atoms with Crippen molar-refractivity contribution in [3.63, 3.8) is 0 Å². The maximum Gasteiger partial charge on any atom is 0.302 e. The molecule has 0 spiro atoms. The minimum absolute atomic E-state index is 0.178. The number of hydrogen-bond donors (Lipinski definition) is 4. The predicted octanol–water partition coefficient (Wildman–Crippen LogP) is 1.14. The van der Waals surface area contributed by atoms with Gasteiger partial charge in [-0.15, -0.1) is 0 Å². The Hall–Kier alpha value is -0.690. The summed E-state index contributed by atoms with van der Waals surface area (Å²) in [6, 6.07) is 0. The van der Waals surface area contributed by atoms with Crippen molar-refractivity contribution in [1.82, 2.24) is 16.5 Å². The van der Waals surface area contributed by atoms with Crippen LogP contribution < -0.4 is 22.3 Å². The lowest BCUT2D eigenvalue weighted by Gasteiger charge is -2.05. The van der Waals surface area contributed by atoms with Crippen molar-refractivity contribution in [2.75, 3.05) is 13.2 Å². The smallest absolute Gasteiger partial charge is 0.302 e. The molecule has 6 heteroatoms. The van der Waals surface area contributed by atoms with Crippen LogP contribution in [0.5, 0.6) is 0 Å². The largest absolute Gasteiger partial charge is 0.466 e. The minimum Gasteiger partial charge on any atom is -0.466 e. The Labute approximate surface area is 110 Å². The summed E-state index contributed by atoms with van der Waals surface area (Å²) in [6.45, 7) is 2.95. The van der Waals surface area contributed by atoms with Gasteiger partial charge < -0.3 is 4.74 Å². The molecule has 0 saturated heterocycles. The van der Waals surface area contributed by atoms with Gasteiger partial charge in [-0.3, -0.25) is 10.6 Å². The molecule has 0 heterocycles. The average Bonchev–Trinajstić information content (AvgIpc) is 2.34. The molecule has 6 nitrogen and oxygen atoms in total. The summed E-state index contributed by atoms with van der Waals surface area (Å²) >= 11 is 0. The second-order valence-corrected chi connectivity index (χ2v) is 4.36. The highest BCUT2D eigenvalue weighted by Gasteiger charge is 1.94. The highest BCUT2D eigenvalue weighted by Crippen LogP contribution is 2.08. The van der Waals surface area contributed by atoms with E-state index in [0.717, 1.165) is 25.8 Å². The maximum atomic E-state index is 10.5. The Bertz CT molecular complexity index is 191. The Morgan fingerprint density at radius 2 is 1.56 bits per heavy atom. The number of nitrogens with one attached hydrogen (secondary N) is 3. The number of carbonyl (C=O) groups is 1. The van der Waals surface area contributed by atoms with E-state index < -0.39 is 0 Å². The van der Waals surface area contributed by atoms with Crippen molar-refractivity contribution in [1.29, 1.82) is 0 Å². The van der Waals surface area contributed by atoms with Crippen LogP contribution in [0.1, 0.15) is 58.3 Å². The molecule has 0 atom stereocenters. The average molecular weight is 260 g/mol. The Morgan fingerprint density at radius 3 is 2.11 bits per heavy atom. The first-order valence-corrected chi connectivity index (χ1v) is 6.84. The number of hydrogen-bond acceptors (Lipinski definition) is 6. The molecule has 0 saturated carbocycles. The predicted molar refractivity (Wildman–Crippen MR) is 72.0 cm³/mol. The first kappa shape index (κ1) is 17.3. The third kappa shape index (κ3) is 15.3. The van der Waals surface area contributed by atoms with Crippen LogP contribution in [-0.4, -0.2) is 19.1 Å². The van der Waals surface area contributed by atoms with Gasteiger partial charge in [-0.1, -0.05) is 38.5 Å². The summed E-state index contributed by atoms with van der Waals surface area (Å²) in [6.07, 6.45) is 9.61. The Morgan fingerprint density at radius 1 is 1.00 bits per heavy atom. The molecular weight excluding hydrogens is 232 g/mol. The quantitative estimate of drug-likeness (QED) is 0.172. The fourth-order valence-electron chi connectivity index (χ4n) is 1.71. The van der Waals surface area contributed by atoms with E-state index in [1.807, 2.05) is 0 Å². The molecular formula is C12H28N4O2. The molecule has 0 aromatic carbocycles. The zero-order valence-electron chi connectivity index (χ0n) is 11.5. The normalized spacial score (nSPS) is 10.6. The fourth-order valence-corrected chi connectivity index (χ4v) is 1.71. The minimum atomic E-state index is -0.178. The molecule has 0 aromatic rings. The third-order valence-electron chi connectivity index (χ3n) is 2.66. The summed E-state index contributed by atoms with van der Waals surface area (Å²) in [5.41, 5.74) is 7.89. The van der Waals surface area contributed by atoms with Crippen LogP contribution in [0, 0.1) is 0 Å². The van der Waals surface area contributed by atoms with Crippen LogP contribution in [0.4, 0.5) is 0 Å². The van der Waals surface area contributed by atoms with Crippen LogP contribution in [-0.2, 0) is 9.53 Å². The van der Waals surface area contributed by atoms with Crippen molar-refractivity contribution in [3.8, 4) is 0 Å². The molecule has 0 amide bonds. The van der Waals surface area contributed by atoms with Crippen LogP contribution >= 0.6 is 0 Å². The van der Waals surface area contributed by atoms with E-state index in [9.17, 15) is 4.79 Å². The summed E-state index contributed by atoms with van der Waals surface area (Å²) < 4.78 is 4.87. The Kier molecular flexibility index (Phi) is 13.8. The molecule has 0 fully saturated rings. The van der Waals surface area contributed by atoms with Gasteiger partial charge in [-0.25, -0.2) is 5.43 Å². The molecule has 0 aliphatic rings. The SMILES string of the molecule is CC(=O)OCCCCCCCCCCNNNN. The van der Waals surface area contributed by atoms with Gasteiger partial charge in [0.25, 0.3) is 0 Å². The first-order valence-electron chi connectivity index (χ1n) is 6.84. The van der Waals surface area contributed by atoms with Crippen molar-refractivity contribution >= 4 is 5.97 Å². The standard InChI is InChI=1S/C12H28N4O2/c1-12(17)18-11-9-7-5-3-2-4-6-8-10-14-16-15-13/h14-16H,2-11,13H2,1H3. The van der Waals surface area contributed by atoms with E-state index in [1.165, 1.54) is 39.0 Å². The van der Waals surface area contributed by atoms with E-state index in [4.69, 9.17) is 10.6 Å². The van der Waals surface area contributed by atoms with E-state index in [-0.39, 0.29) is 5.97 Å². The zero-order valence-corrected chi connectivity index (χ0v) is 11.5. The molecule has 5 N–H and O–H groups in total.